The van der Waals surface area contributed by atoms with Gasteiger partial charge in [0.15, 0.2) is 17.5 Å². The number of nitrogens with one attached hydrogen (secondary N) is 2. The van der Waals surface area contributed by atoms with Crippen molar-refractivity contribution in [1.82, 2.24) is 10.6 Å². The lowest BCUT2D eigenvalue weighted by Crippen LogP contribution is -2.44. The molecule has 0 radical (unpaired) electrons. The maximum absolute atomic E-state index is 9.33. The number of hydrogen-bond donors (Lipinski definition) is 3. The Morgan fingerprint density at radius 3 is 2.56 bits per heavy atom. The average molecular weight is 558 g/mol. The first-order valence-corrected chi connectivity index (χ1v) is 9.40. The molecule has 0 aliphatic carbocycles. The van der Waals surface area contributed by atoms with E-state index < -0.39 is 0 Å². The molecule has 0 saturated carbocycles. The summed E-state index contributed by atoms with van der Waals surface area (Å²) in [6.07, 6.45) is 1.66. The molecular formula is C18H29BrIN3O4. The van der Waals surface area contributed by atoms with Crippen LogP contribution in [0.25, 0.3) is 0 Å². The highest BCUT2D eigenvalue weighted by Crippen LogP contribution is 2.33. The molecule has 9 heteroatoms. The normalized spacial score (nSPS) is 19.4. The van der Waals surface area contributed by atoms with E-state index in [2.05, 4.69) is 31.6 Å². The van der Waals surface area contributed by atoms with E-state index in [1.807, 2.05) is 12.1 Å². The molecule has 2 rings (SSSR count). The second-order valence-electron chi connectivity index (χ2n) is 6.35. The predicted octanol–water partition coefficient (Wildman–Crippen LogP) is 2.54. The van der Waals surface area contributed by atoms with Gasteiger partial charge >= 0.3 is 0 Å². The van der Waals surface area contributed by atoms with Crippen LogP contribution in [-0.2, 0) is 11.3 Å². The Hall–Kier alpha value is -0.780. The zero-order chi connectivity index (χ0) is 19.0. The van der Waals surface area contributed by atoms with Crippen molar-refractivity contribution in [2.45, 2.75) is 19.4 Å². The summed E-state index contributed by atoms with van der Waals surface area (Å²) in [6, 6.07) is 3.82. The lowest BCUT2D eigenvalue weighted by molar-refractivity contribution is 0.127. The van der Waals surface area contributed by atoms with E-state index in [-0.39, 0.29) is 36.0 Å². The fraction of sp³-hybridized carbons (Fsp3) is 0.611. The van der Waals surface area contributed by atoms with Crippen LogP contribution in [-0.4, -0.2) is 58.7 Å². The molecule has 0 bridgehead atoms. The van der Waals surface area contributed by atoms with Crippen LogP contribution in [0.2, 0.25) is 0 Å². The Labute approximate surface area is 186 Å². The Morgan fingerprint density at radius 1 is 1.30 bits per heavy atom. The molecule has 1 atom stereocenters. The number of guanidine groups is 1. The molecule has 0 aromatic heterocycles. The lowest BCUT2D eigenvalue weighted by Gasteiger charge is -2.27. The molecule has 1 heterocycles. The van der Waals surface area contributed by atoms with Crippen LogP contribution in [0.3, 0.4) is 0 Å². The van der Waals surface area contributed by atoms with E-state index >= 15 is 0 Å². The number of ether oxygens (including phenoxy) is 3. The molecule has 1 unspecified atom stereocenters. The molecule has 7 nitrogen and oxygen atoms in total. The van der Waals surface area contributed by atoms with Gasteiger partial charge in [0.25, 0.3) is 0 Å². The third kappa shape index (κ3) is 6.65. The van der Waals surface area contributed by atoms with E-state index in [0.717, 1.165) is 29.5 Å². The third-order valence-corrected chi connectivity index (χ3v) is 5.42. The van der Waals surface area contributed by atoms with Gasteiger partial charge in [-0.3, -0.25) is 4.99 Å². The van der Waals surface area contributed by atoms with Gasteiger partial charge < -0.3 is 30.0 Å². The standard InChI is InChI=1S/C18H28BrN3O4.HI/c1-20-17(22-11-18(4-6-23)5-7-26-12-18)21-10-13-8-15(24-2)16(25-3)9-14(13)19;/h8-9,23H,4-7,10-12H2,1-3H3,(H2,20,21,22);1H. The van der Waals surface area contributed by atoms with Crippen LogP contribution in [0.1, 0.15) is 18.4 Å². The zero-order valence-corrected chi connectivity index (χ0v) is 19.9. The number of nitrogens with zero attached hydrogens (tertiary/aromatic N) is 1. The van der Waals surface area contributed by atoms with Crippen LogP contribution in [0.5, 0.6) is 11.5 Å². The topological polar surface area (TPSA) is 84.3 Å². The number of aliphatic hydroxyl groups is 1. The maximum Gasteiger partial charge on any atom is 0.191 e. The quantitative estimate of drug-likeness (QED) is 0.259. The summed E-state index contributed by atoms with van der Waals surface area (Å²) in [5, 5.41) is 16.0. The second-order valence-corrected chi connectivity index (χ2v) is 7.21. The van der Waals surface area contributed by atoms with Crippen molar-refractivity contribution in [2.24, 2.45) is 10.4 Å². The number of aliphatic hydroxyl groups excluding tert-OH is 1. The summed E-state index contributed by atoms with van der Waals surface area (Å²) in [5.41, 5.74) is 0.996. The van der Waals surface area contributed by atoms with Gasteiger partial charge in [-0.25, -0.2) is 0 Å². The van der Waals surface area contributed by atoms with Crippen molar-refractivity contribution in [1.29, 1.82) is 0 Å². The van der Waals surface area contributed by atoms with Crippen LogP contribution in [0, 0.1) is 5.41 Å². The summed E-state index contributed by atoms with van der Waals surface area (Å²) < 4.78 is 17.1. The number of benzene rings is 1. The fourth-order valence-electron chi connectivity index (χ4n) is 3.01. The molecule has 1 aromatic rings. The fourth-order valence-corrected chi connectivity index (χ4v) is 3.48. The van der Waals surface area contributed by atoms with Crippen molar-refractivity contribution in [3.8, 4) is 11.5 Å². The highest BCUT2D eigenvalue weighted by molar-refractivity contribution is 14.0. The van der Waals surface area contributed by atoms with Crippen molar-refractivity contribution in [3.63, 3.8) is 0 Å². The zero-order valence-electron chi connectivity index (χ0n) is 16.0. The van der Waals surface area contributed by atoms with Crippen molar-refractivity contribution < 1.29 is 19.3 Å². The molecule has 1 aliphatic heterocycles. The minimum Gasteiger partial charge on any atom is -0.493 e. The molecule has 1 aliphatic rings. The van der Waals surface area contributed by atoms with Crippen molar-refractivity contribution >= 4 is 45.9 Å². The summed E-state index contributed by atoms with van der Waals surface area (Å²) in [6.45, 7) is 2.85. The third-order valence-electron chi connectivity index (χ3n) is 4.68. The van der Waals surface area contributed by atoms with E-state index in [0.29, 0.717) is 37.2 Å². The van der Waals surface area contributed by atoms with Crippen LogP contribution in [0.4, 0.5) is 0 Å². The van der Waals surface area contributed by atoms with Gasteiger partial charge in [0.05, 0.1) is 20.8 Å². The van der Waals surface area contributed by atoms with E-state index in [1.54, 1.807) is 21.3 Å². The number of rotatable bonds is 8. The first-order valence-electron chi connectivity index (χ1n) is 8.61. The minimum atomic E-state index is -0.0315. The Bertz CT molecular complexity index is 625. The summed E-state index contributed by atoms with van der Waals surface area (Å²) in [5.74, 6) is 2.06. The van der Waals surface area contributed by atoms with Gasteiger partial charge in [0.1, 0.15) is 0 Å². The van der Waals surface area contributed by atoms with E-state index in [1.165, 1.54) is 0 Å². The van der Waals surface area contributed by atoms with Crippen molar-refractivity contribution in [2.75, 3.05) is 47.6 Å². The van der Waals surface area contributed by atoms with Crippen LogP contribution >= 0.6 is 39.9 Å². The lowest BCUT2D eigenvalue weighted by atomic mass is 9.84. The van der Waals surface area contributed by atoms with Gasteiger partial charge in [-0.1, -0.05) is 15.9 Å². The number of hydrogen-bond acceptors (Lipinski definition) is 5. The Morgan fingerprint density at radius 2 is 2.00 bits per heavy atom. The molecule has 0 spiro atoms. The summed E-state index contributed by atoms with van der Waals surface area (Å²) in [4.78, 5) is 4.28. The van der Waals surface area contributed by atoms with Gasteiger partial charge in [-0.2, -0.15) is 0 Å². The highest BCUT2D eigenvalue weighted by atomic mass is 127. The van der Waals surface area contributed by atoms with Gasteiger partial charge in [0.2, 0.25) is 0 Å². The molecule has 1 fully saturated rings. The first kappa shape index (κ1) is 24.3. The molecule has 3 N–H and O–H groups in total. The number of methoxy groups -OCH3 is 2. The molecule has 27 heavy (non-hydrogen) atoms. The van der Waals surface area contributed by atoms with Crippen molar-refractivity contribution in [3.05, 3.63) is 22.2 Å². The van der Waals surface area contributed by atoms with Gasteiger partial charge in [-0.05, 0) is 30.5 Å². The molecule has 1 aromatic carbocycles. The molecule has 0 amide bonds. The maximum atomic E-state index is 9.33. The second kappa shape index (κ2) is 11.9. The summed E-state index contributed by atoms with van der Waals surface area (Å²) >= 11 is 3.57. The molecular weight excluding hydrogens is 529 g/mol. The monoisotopic (exact) mass is 557 g/mol. The average Bonchev–Trinajstić information content (AvgIpc) is 3.11. The molecule has 154 valence electrons. The summed E-state index contributed by atoms with van der Waals surface area (Å²) in [7, 11) is 4.97. The first-order chi connectivity index (χ1) is 12.6. The number of aliphatic imine (C=N–C) groups is 1. The van der Waals surface area contributed by atoms with Gasteiger partial charge in [0, 0.05) is 43.2 Å². The van der Waals surface area contributed by atoms with E-state index in [9.17, 15) is 5.11 Å². The highest BCUT2D eigenvalue weighted by Gasteiger charge is 2.34. The SMILES string of the molecule is CN=C(NCc1cc(OC)c(OC)cc1Br)NCC1(CCO)CCOC1.I. The molecule has 1 saturated heterocycles. The van der Waals surface area contributed by atoms with Crippen LogP contribution in [0.15, 0.2) is 21.6 Å². The predicted molar refractivity (Wildman–Crippen MR) is 120 cm³/mol. The Balaban J connectivity index is 0.00000364. The number of halogens is 2. The smallest absolute Gasteiger partial charge is 0.191 e. The largest absolute Gasteiger partial charge is 0.493 e. The van der Waals surface area contributed by atoms with E-state index in [4.69, 9.17) is 14.2 Å². The minimum absolute atomic E-state index is 0. The Kier molecular flexibility index (Phi) is 10.7. The van der Waals surface area contributed by atoms with Crippen LogP contribution < -0.4 is 20.1 Å². The van der Waals surface area contributed by atoms with Gasteiger partial charge in [-0.15, -0.1) is 24.0 Å².